The van der Waals surface area contributed by atoms with E-state index in [2.05, 4.69) is 4.90 Å². The molecule has 2 aliphatic rings. The summed E-state index contributed by atoms with van der Waals surface area (Å²) >= 11 is 0. The molecule has 0 N–H and O–H groups in total. The highest BCUT2D eigenvalue weighted by atomic mass is 16.6. The van der Waals surface area contributed by atoms with Crippen LogP contribution >= 0.6 is 0 Å². The van der Waals surface area contributed by atoms with Gasteiger partial charge in [0, 0.05) is 25.2 Å². The second-order valence-corrected chi connectivity index (χ2v) is 7.18. The van der Waals surface area contributed by atoms with Gasteiger partial charge in [0.05, 0.1) is 4.92 Å². The topological polar surface area (TPSA) is 75.9 Å². The number of para-hydroxylation sites is 2. The van der Waals surface area contributed by atoms with Gasteiger partial charge < -0.3 is 9.64 Å². The molecule has 2 atom stereocenters. The maximum Gasteiger partial charge on any atom is 0.310 e. The molecular weight excluding hydrogens is 334 g/mol. The summed E-state index contributed by atoms with van der Waals surface area (Å²) in [7, 11) is 1.84. The minimum absolute atomic E-state index is 0.115. The van der Waals surface area contributed by atoms with Gasteiger partial charge in [0.1, 0.15) is 0 Å². The van der Waals surface area contributed by atoms with Crippen molar-refractivity contribution in [1.82, 2.24) is 9.80 Å². The molecule has 7 nitrogen and oxygen atoms in total. The number of carbonyl (C=O) groups is 1. The van der Waals surface area contributed by atoms with Crippen LogP contribution in [0.2, 0.25) is 0 Å². The number of nitrogens with zero attached hydrogens (tertiary/aromatic N) is 3. The fourth-order valence-corrected chi connectivity index (χ4v) is 4.20. The molecule has 1 aliphatic heterocycles. The highest BCUT2D eigenvalue weighted by molar-refractivity contribution is 5.78. The van der Waals surface area contributed by atoms with E-state index in [-0.39, 0.29) is 30.0 Å². The zero-order valence-electron chi connectivity index (χ0n) is 15.3. The highest BCUT2D eigenvalue weighted by Crippen LogP contribution is 2.30. The summed E-state index contributed by atoms with van der Waals surface area (Å²) in [5.74, 6) is 0.0123. The molecule has 1 saturated heterocycles. The van der Waals surface area contributed by atoms with Gasteiger partial charge in [-0.15, -0.1) is 0 Å². The van der Waals surface area contributed by atoms with E-state index < -0.39 is 4.92 Å². The van der Waals surface area contributed by atoms with E-state index in [1.165, 1.54) is 31.4 Å². The van der Waals surface area contributed by atoms with Crippen LogP contribution < -0.4 is 4.74 Å². The average molecular weight is 361 g/mol. The number of rotatable bonds is 6. The van der Waals surface area contributed by atoms with E-state index in [1.54, 1.807) is 17.0 Å². The Morgan fingerprint density at radius 3 is 2.65 bits per heavy atom. The molecule has 26 heavy (non-hydrogen) atoms. The number of carbonyl (C=O) groups excluding carboxylic acids is 1. The zero-order chi connectivity index (χ0) is 18.5. The van der Waals surface area contributed by atoms with Crippen LogP contribution in [0.5, 0.6) is 5.75 Å². The number of nitro groups is 1. The summed E-state index contributed by atoms with van der Waals surface area (Å²) in [5.41, 5.74) is -0.115. The summed E-state index contributed by atoms with van der Waals surface area (Å²) in [4.78, 5) is 27.6. The maximum absolute atomic E-state index is 12.7. The molecule has 1 aromatic carbocycles. The molecule has 2 fully saturated rings. The lowest BCUT2D eigenvalue weighted by atomic mass is 9.88. The summed E-state index contributed by atoms with van der Waals surface area (Å²) in [6, 6.07) is 6.78. The van der Waals surface area contributed by atoms with E-state index in [1.807, 2.05) is 7.05 Å². The predicted octanol–water partition coefficient (Wildman–Crippen LogP) is 2.84. The zero-order valence-corrected chi connectivity index (χ0v) is 15.3. The van der Waals surface area contributed by atoms with Gasteiger partial charge >= 0.3 is 5.69 Å². The summed E-state index contributed by atoms with van der Waals surface area (Å²) in [5, 5.41) is 11.1. The molecular formula is C19H27N3O4. The third-order valence-corrected chi connectivity index (χ3v) is 5.61. The first kappa shape index (κ1) is 18.6. The second-order valence-electron chi connectivity index (χ2n) is 7.18. The van der Waals surface area contributed by atoms with E-state index in [0.29, 0.717) is 6.04 Å². The Balaban J connectivity index is 1.62. The van der Waals surface area contributed by atoms with Gasteiger partial charge in [-0.25, -0.2) is 0 Å². The number of hydrogen-bond acceptors (Lipinski definition) is 5. The van der Waals surface area contributed by atoms with Crippen molar-refractivity contribution in [3.8, 4) is 5.75 Å². The van der Waals surface area contributed by atoms with Crippen LogP contribution in [0.25, 0.3) is 0 Å². The van der Waals surface area contributed by atoms with Crippen molar-refractivity contribution < 1.29 is 14.5 Å². The number of nitro benzene ring substituents is 1. The lowest BCUT2D eigenvalue weighted by Crippen LogP contribution is -2.54. The van der Waals surface area contributed by atoms with Gasteiger partial charge in [-0.05, 0) is 44.8 Å². The number of hydrogen-bond donors (Lipinski definition) is 0. The Morgan fingerprint density at radius 1 is 1.23 bits per heavy atom. The van der Waals surface area contributed by atoms with Crippen LogP contribution in [0.1, 0.15) is 38.5 Å². The minimum Gasteiger partial charge on any atom is -0.477 e. The Bertz CT molecular complexity index is 645. The van der Waals surface area contributed by atoms with Crippen molar-refractivity contribution >= 4 is 11.6 Å². The number of ether oxygens (including phenoxy) is 1. The largest absolute Gasteiger partial charge is 0.477 e. The van der Waals surface area contributed by atoms with E-state index in [9.17, 15) is 14.9 Å². The van der Waals surface area contributed by atoms with E-state index in [4.69, 9.17) is 4.74 Å². The van der Waals surface area contributed by atoms with Gasteiger partial charge in [0.15, 0.2) is 12.4 Å². The molecule has 1 aliphatic carbocycles. The van der Waals surface area contributed by atoms with Gasteiger partial charge in [0.25, 0.3) is 5.91 Å². The van der Waals surface area contributed by atoms with Crippen molar-refractivity contribution in [3.05, 3.63) is 34.4 Å². The molecule has 0 aromatic heterocycles. The van der Waals surface area contributed by atoms with Crippen LogP contribution in [0, 0.1) is 10.1 Å². The molecule has 7 heteroatoms. The van der Waals surface area contributed by atoms with Crippen molar-refractivity contribution in [2.75, 3.05) is 26.7 Å². The number of likely N-dealkylation sites (tertiary alicyclic amines) is 1. The Morgan fingerprint density at radius 2 is 1.92 bits per heavy atom. The summed E-state index contributed by atoms with van der Waals surface area (Å²) in [6.45, 7) is 2.07. The van der Waals surface area contributed by atoms with Crippen molar-refractivity contribution in [3.63, 3.8) is 0 Å². The molecule has 142 valence electrons. The monoisotopic (exact) mass is 361 g/mol. The Kier molecular flexibility index (Phi) is 6.08. The molecule has 2 unspecified atom stereocenters. The number of amides is 1. The first-order chi connectivity index (χ1) is 12.6. The van der Waals surface area contributed by atoms with Crippen LogP contribution in [0.3, 0.4) is 0 Å². The van der Waals surface area contributed by atoms with Gasteiger partial charge in [-0.2, -0.15) is 0 Å². The van der Waals surface area contributed by atoms with Crippen LogP contribution in [-0.4, -0.2) is 59.5 Å². The molecule has 1 amide bonds. The molecule has 1 aromatic rings. The number of benzene rings is 1. The van der Waals surface area contributed by atoms with Gasteiger partial charge in [0.2, 0.25) is 0 Å². The van der Waals surface area contributed by atoms with Crippen LogP contribution in [-0.2, 0) is 4.79 Å². The minimum atomic E-state index is -0.492. The van der Waals surface area contributed by atoms with Crippen LogP contribution in [0.4, 0.5) is 5.69 Å². The standard InChI is InChI=1S/C19H27N3O4/c1-20(15-8-2-3-9-16(15)21-12-6-7-13-21)19(23)14-26-18-11-5-4-10-17(18)22(24)25/h4-5,10-11,15-16H,2-3,6-9,12-14H2,1H3. The molecule has 0 bridgehead atoms. The lowest BCUT2D eigenvalue weighted by molar-refractivity contribution is -0.385. The molecule has 0 radical (unpaired) electrons. The molecule has 3 rings (SSSR count). The average Bonchev–Trinajstić information content (AvgIpc) is 3.20. The molecule has 1 heterocycles. The first-order valence-electron chi connectivity index (χ1n) is 9.44. The van der Waals surface area contributed by atoms with Crippen molar-refractivity contribution in [1.29, 1.82) is 0 Å². The first-order valence-corrected chi connectivity index (χ1v) is 9.44. The smallest absolute Gasteiger partial charge is 0.310 e. The summed E-state index contributed by atoms with van der Waals surface area (Å²) < 4.78 is 5.49. The molecule has 1 saturated carbocycles. The van der Waals surface area contributed by atoms with E-state index >= 15 is 0 Å². The van der Waals surface area contributed by atoms with Crippen molar-refractivity contribution in [2.45, 2.75) is 50.6 Å². The third kappa shape index (κ3) is 4.15. The second kappa shape index (κ2) is 8.49. The highest BCUT2D eigenvalue weighted by Gasteiger charge is 2.35. The van der Waals surface area contributed by atoms with Crippen LogP contribution in [0.15, 0.2) is 24.3 Å². The lowest BCUT2D eigenvalue weighted by Gasteiger charge is -2.42. The van der Waals surface area contributed by atoms with Crippen molar-refractivity contribution in [2.24, 2.45) is 0 Å². The Labute approximate surface area is 154 Å². The summed E-state index contributed by atoms with van der Waals surface area (Å²) in [6.07, 6.45) is 6.97. The van der Waals surface area contributed by atoms with Gasteiger partial charge in [-0.1, -0.05) is 25.0 Å². The maximum atomic E-state index is 12.7. The van der Waals surface area contributed by atoms with E-state index in [0.717, 1.165) is 32.4 Å². The Hall–Kier alpha value is -2.15. The number of likely N-dealkylation sites (N-methyl/N-ethyl adjacent to an activating group) is 1. The fraction of sp³-hybridized carbons (Fsp3) is 0.632. The van der Waals surface area contributed by atoms with Gasteiger partial charge in [-0.3, -0.25) is 19.8 Å². The normalized spacial score (nSPS) is 23.6. The fourth-order valence-electron chi connectivity index (χ4n) is 4.20. The molecule has 0 spiro atoms. The predicted molar refractivity (Wildman–Crippen MR) is 98.2 cm³/mol. The quantitative estimate of drug-likeness (QED) is 0.575. The third-order valence-electron chi connectivity index (χ3n) is 5.61. The SMILES string of the molecule is CN(C(=O)COc1ccccc1[N+](=O)[O-])C1CCCCC1N1CCCC1.